The SMILES string of the molecule is CCN(CC)CCCN(CC)Cc1c(F)ccc(Br)c1F. The van der Waals surface area contributed by atoms with E-state index in [0.29, 0.717) is 11.0 Å². The standard InChI is InChI=1S/C16H25BrF2N2/c1-4-20(5-2)10-7-11-21(6-3)12-13-15(18)9-8-14(17)16(13)19/h8-9H,4-7,10-12H2,1-3H3. The van der Waals surface area contributed by atoms with Crippen LogP contribution in [0.2, 0.25) is 0 Å². The van der Waals surface area contributed by atoms with Crippen LogP contribution >= 0.6 is 15.9 Å². The average molecular weight is 363 g/mol. The maximum Gasteiger partial charge on any atom is 0.144 e. The Morgan fingerprint density at radius 2 is 1.52 bits per heavy atom. The van der Waals surface area contributed by atoms with Crippen molar-refractivity contribution in [3.8, 4) is 0 Å². The fourth-order valence-corrected chi connectivity index (χ4v) is 2.72. The lowest BCUT2D eigenvalue weighted by atomic mass is 10.1. The van der Waals surface area contributed by atoms with Gasteiger partial charge in [-0.1, -0.05) is 20.8 Å². The van der Waals surface area contributed by atoms with Crippen molar-refractivity contribution in [3.63, 3.8) is 0 Å². The average Bonchev–Trinajstić information content (AvgIpc) is 2.50. The highest BCUT2D eigenvalue weighted by Crippen LogP contribution is 2.22. The molecule has 21 heavy (non-hydrogen) atoms. The number of benzene rings is 1. The van der Waals surface area contributed by atoms with Crippen molar-refractivity contribution >= 4 is 15.9 Å². The molecule has 0 spiro atoms. The van der Waals surface area contributed by atoms with Crippen LogP contribution in [0.3, 0.4) is 0 Å². The highest BCUT2D eigenvalue weighted by molar-refractivity contribution is 9.10. The molecule has 0 fully saturated rings. The quantitative estimate of drug-likeness (QED) is 0.605. The van der Waals surface area contributed by atoms with E-state index in [9.17, 15) is 8.78 Å². The minimum atomic E-state index is -0.489. The van der Waals surface area contributed by atoms with Crippen LogP contribution in [0.25, 0.3) is 0 Å². The van der Waals surface area contributed by atoms with Crippen LogP contribution in [0.4, 0.5) is 8.78 Å². The van der Waals surface area contributed by atoms with Gasteiger partial charge in [-0.2, -0.15) is 0 Å². The second kappa shape index (κ2) is 9.49. The van der Waals surface area contributed by atoms with Crippen LogP contribution in [0.1, 0.15) is 32.8 Å². The van der Waals surface area contributed by atoms with Gasteiger partial charge in [0.2, 0.25) is 0 Å². The van der Waals surface area contributed by atoms with Crippen LogP contribution in [-0.4, -0.2) is 42.5 Å². The summed E-state index contributed by atoms with van der Waals surface area (Å²) in [5.41, 5.74) is 0.147. The first-order chi connectivity index (χ1) is 10.0. The van der Waals surface area contributed by atoms with Crippen LogP contribution in [0.15, 0.2) is 16.6 Å². The van der Waals surface area contributed by atoms with Crippen LogP contribution in [0, 0.1) is 11.6 Å². The van der Waals surface area contributed by atoms with Gasteiger partial charge >= 0.3 is 0 Å². The van der Waals surface area contributed by atoms with Gasteiger partial charge in [-0.3, -0.25) is 4.90 Å². The highest BCUT2D eigenvalue weighted by atomic mass is 79.9. The van der Waals surface area contributed by atoms with Crippen molar-refractivity contribution < 1.29 is 8.78 Å². The third-order valence-corrected chi connectivity index (χ3v) is 4.42. The van der Waals surface area contributed by atoms with Gasteiger partial charge in [0.05, 0.1) is 4.47 Å². The normalized spacial score (nSPS) is 11.6. The van der Waals surface area contributed by atoms with E-state index < -0.39 is 11.6 Å². The first kappa shape index (κ1) is 18.5. The molecule has 0 heterocycles. The van der Waals surface area contributed by atoms with Crippen LogP contribution in [-0.2, 0) is 6.54 Å². The first-order valence-corrected chi connectivity index (χ1v) is 8.39. The molecule has 1 aromatic rings. The Hall–Kier alpha value is -0.520. The van der Waals surface area contributed by atoms with Crippen molar-refractivity contribution in [2.45, 2.75) is 33.7 Å². The summed E-state index contributed by atoms with van der Waals surface area (Å²) >= 11 is 3.12. The summed E-state index contributed by atoms with van der Waals surface area (Å²) in [4.78, 5) is 4.44. The molecule has 0 atom stereocenters. The van der Waals surface area contributed by atoms with Crippen LogP contribution < -0.4 is 0 Å². The topological polar surface area (TPSA) is 6.48 Å². The fourth-order valence-electron chi connectivity index (χ4n) is 2.34. The van der Waals surface area contributed by atoms with Gasteiger partial charge in [-0.05, 0) is 67.2 Å². The Labute approximate surface area is 135 Å². The van der Waals surface area contributed by atoms with Crippen molar-refractivity contribution in [1.82, 2.24) is 9.80 Å². The Bertz CT molecular complexity index is 437. The van der Waals surface area contributed by atoms with Gasteiger partial charge in [-0.15, -0.1) is 0 Å². The number of hydrogen-bond donors (Lipinski definition) is 0. The van der Waals surface area contributed by atoms with E-state index in [1.54, 1.807) is 0 Å². The monoisotopic (exact) mass is 362 g/mol. The van der Waals surface area contributed by atoms with Gasteiger partial charge in [0, 0.05) is 12.1 Å². The molecule has 1 rings (SSSR count). The van der Waals surface area contributed by atoms with E-state index in [1.165, 1.54) is 12.1 Å². The third-order valence-electron chi connectivity index (χ3n) is 3.81. The lowest BCUT2D eigenvalue weighted by molar-refractivity contribution is 0.234. The summed E-state index contributed by atoms with van der Waals surface area (Å²) in [6.45, 7) is 11.3. The molecule has 0 aromatic heterocycles. The summed E-state index contributed by atoms with van der Waals surface area (Å²) < 4.78 is 28.1. The number of halogens is 3. The zero-order valence-corrected chi connectivity index (χ0v) is 14.7. The van der Waals surface area contributed by atoms with Gasteiger partial charge in [0.25, 0.3) is 0 Å². The summed E-state index contributed by atoms with van der Waals surface area (Å²) in [6.07, 6.45) is 1.01. The minimum absolute atomic E-state index is 0.147. The Morgan fingerprint density at radius 3 is 2.10 bits per heavy atom. The van der Waals surface area contributed by atoms with E-state index in [2.05, 4.69) is 39.6 Å². The zero-order chi connectivity index (χ0) is 15.8. The molecule has 2 nitrogen and oxygen atoms in total. The molecule has 0 aliphatic carbocycles. The largest absolute Gasteiger partial charge is 0.304 e. The van der Waals surface area contributed by atoms with Crippen molar-refractivity contribution in [2.24, 2.45) is 0 Å². The van der Waals surface area contributed by atoms with E-state index in [4.69, 9.17) is 0 Å². The lowest BCUT2D eigenvalue weighted by Crippen LogP contribution is -2.30. The van der Waals surface area contributed by atoms with E-state index in [1.807, 2.05) is 6.92 Å². The second-order valence-electron chi connectivity index (χ2n) is 5.07. The predicted molar refractivity (Wildman–Crippen MR) is 87.4 cm³/mol. The lowest BCUT2D eigenvalue weighted by Gasteiger charge is -2.24. The maximum atomic E-state index is 14.0. The molecular formula is C16H25BrF2N2. The molecule has 0 bridgehead atoms. The van der Waals surface area contributed by atoms with Gasteiger partial charge < -0.3 is 4.90 Å². The molecular weight excluding hydrogens is 338 g/mol. The number of rotatable bonds is 9. The highest BCUT2D eigenvalue weighted by Gasteiger charge is 2.15. The summed E-state index contributed by atoms with van der Waals surface area (Å²) in [5.74, 6) is -0.963. The molecule has 0 radical (unpaired) electrons. The minimum Gasteiger partial charge on any atom is -0.304 e. The fraction of sp³-hybridized carbons (Fsp3) is 0.625. The van der Waals surface area contributed by atoms with Crippen molar-refractivity contribution in [2.75, 3.05) is 32.7 Å². The summed E-state index contributed by atoms with van der Waals surface area (Å²) in [6, 6.07) is 2.72. The van der Waals surface area contributed by atoms with Crippen molar-refractivity contribution in [3.05, 3.63) is 33.8 Å². The molecule has 0 amide bonds. The Morgan fingerprint density at radius 1 is 0.952 bits per heavy atom. The predicted octanol–water partition coefficient (Wildman–Crippen LogP) is 4.28. The van der Waals surface area contributed by atoms with Gasteiger partial charge in [0.15, 0.2) is 0 Å². The molecule has 0 saturated heterocycles. The molecule has 120 valence electrons. The van der Waals surface area contributed by atoms with Crippen molar-refractivity contribution in [1.29, 1.82) is 0 Å². The maximum absolute atomic E-state index is 14.0. The first-order valence-electron chi connectivity index (χ1n) is 7.60. The molecule has 0 aliphatic heterocycles. The molecule has 1 aromatic carbocycles. The summed E-state index contributed by atoms with van der Waals surface area (Å²) in [5, 5.41) is 0. The zero-order valence-electron chi connectivity index (χ0n) is 13.1. The van der Waals surface area contributed by atoms with Gasteiger partial charge in [0.1, 0.15) is 11.6 Å². The Kier molecular flexibility index (Phi) is 8.37. The molecule has 0 unspecified atom stereocenters. The molecule has 0 saturated carbocycles. The third kappa shape index (κ3) is 5.64. The molecule has 0 aliphatic rings. The second-order valence-corrected chi connectivity index (χ2v) is 5.93. The van der Waals surface area contributed by atoms with Gasteiger partial charge in [-0.25, -0.2) is 8.78 Å². The molecule has 5 heteroatoms. The molecule has 0 N–H and O–H groups in total. The van der Waals surface area contributed by atoms with Crippen LogP contribution in [0.5, 0.6) is 0 Å². The van der Waals surface area contributed by atoms with E-state index in [-0.39, 0.29) is 5.56 Å². The van der Waals surface area contributed by atoms with E-state index >= 15 is 0 Å². The van der Waals surface area contributed by atoms with E-state index in [0.717, 1.165) is 39.1 Å². The number of hydrogen-bond acceptors (Lipinski definition) is 2. The Balaban J connectivity index is 2.60. The number of nitrogens with zero attached hydrogens (tertiary/aromatic N) is 2. The smallest absolute Gasteiger partial charge is 0.144 e. The summed E-state index contributed by atoms with van der Waals surface area (Å²) in [7, 11) is 0.